The second-order valence-electron chi connectivity index (χ2n) is 4.75. The zero-order valence-corrected chi connectivity index (χ0v) is 10.3. The molecule has 1 rings (SSSR count). The number of aryl methyl sites for hydroxylation is 1. The summed E-state index contributed by atoms with van der Waals surface area (Å²) < 4.78 is 0. The topological polar surface area (TPSA) is 28.2 Å². The van der Waals surface area contributed by atoms with Gasteiger partial charge in [-0.1, -0.05) is 0 Å². The van der Waals surface area contributed by atoms with Gasteiger partial charge in [0.1, 0.15) is 0 Å². The first kappa shape index (κ1) is 12.0. The molecule has 0 bridgehead atoms. The maximum Gasteiger partial charge on any atom is 0.0401 e. The normalized spacial score (nSPS) is 11.9. The van der Waals surface area contributed by atoms with E-state index in [0.717, 1.165) is 6.54 Å². The number of nitrogens with zero attached hydrogens (tertiary/aromatic N) is 2. The van der Waals surface area contributed by atoms with Gasteiger partial charge in [-0.2, -0.15) is 0 Å². The van der Waals surface area contributed by atoms with Gasteiger partial charge in [0, 0.05) is 30.2 Å². The number of pyridine rings is 1. The second kappa shape index (κ2) is 4.62. The minimum atomic E-state index is 0.149. The van der Waals surface area contributed by atoms with Crippen LogP contribution in [0.4, 0.5) is 5.69 Å². The summed E-state index contributed by atoms with van der Waals surface area (Å²) in [4.78, 5) is 6.29. The number of anilines is 1. The molecule has 0 saturated carbocycles. The van der Waals surface area contributed by atoms with Gasteiger partial charge < -0.3 is 10.2 Å². The van der Waals surface area contributed by atoms with Gasteiger partial charge >= 0.3 is 0 Å². The molecule has 0 aromatic carbocycles. The van der Waals surface area contributed by atoms with Crippen molar-refractivity contribution >= 4 is 5.69 Å². The van der Waals surface area contributed by atoms with E-state index in [2.05, 4.69) is 50.1 Å². The van der Waals surface area contributed by atoms with Crippen LogP contribution in [0.25, 0.3) is 0 Å². The Balaban J connectivity index is 2.62. The molecule has 1 N–H and O–H groups in total. The van der Waals surface area contributed by atoms with Crippen LogP contribution in [-0.2, 0) is 0 Å². The minimum Gasteiger partial charge on any atom is -0.383 e. The van der Waals surface area contributed by atoms with E-state index in [1.165, 1.54) is 11.3 Å². The summed E-state index contributed by atoms with van der Waals surface area (Å²) >= 11 is 0. The van der Waals surface area contributed by atoms with E-state index in [1.807, 2.05) is 18.5 Å². The first-order chi connectivity index (χ1) is 6.93. The molecule has 0 spiro atoms. The molecule has 1 aromatic rings. The highest BCUT2D eigenvalue weighted by atomic mass is 15.2. The fraction of sp³-hybridized carbons (Fsp3) is 0.583. The van der Waals surface area contributed by atoms with Crippen LogP contribution in [-0.4, -0.2) is 36.1 Å². The van der Waals surface area contributed by atoms with Crippen molar-refractivity contribution in [3.8, 4) is 0 Å². The first-order valence-electron chi connectivity index (χ1n) is 5.25. The third kappa shape index (κ3) is 3.20. The summed E-state index contributed by atoms with van der Waals surface area (Å²) in [5.74, 6) is 0. The van der Waals surface area contributed by atoms with Gasteiger partial charge in [-0.15, -0.1) is 0 Å². The predicted molar refractivity (Wildman–Crippen MR) is 65.2 cm³/mol. The SMILES string of the molecule is Cc1cnccc1NCC(C)(C)N(C)C. The van der Waals surface area contributed by atoms with Crippen LogP contribution >= 0.6 is 0 Å². The molecule has 0 aliphatic rings. The number of nitrogens with one attached hydrogen (secondary N) is 1. The summed E-state index contributed by atoms with van der Waals surface area (Å²) in [5.41, 5.74) is 2.50. The first-order valence-corrected chi connectivity index (χ1v) is 5.25. The van der Waals surface area contributed by atoms with Gasteiger partial charge in [-0.25, -0.2) is 0 Å². The molecule has 0 saturated heterocycles. The molecule has 0 aliphatic carbocycles. The molecule has 0 radical (unpaired) electrons. The number of hydrogen-bond acceptors (Lipinski definition) is 3. The smallest absolute Gasteiger partial charge is 0.0401 e. The van der Waals surface area contributed by atoms with Gasteiger partial charge in [0.15, 0.2) is 0 Å². The van der Waals surface area contributed by atoms with Gasteiger partial charge in [0.2, 0.25) is 0 Å². The highest BCUT2D eigenvalue weighted by Gasteiger charge is 2.19. The van der Waals surface area contributed by atoms with Crippen LogP contribution in [0.1, 0.15) is 19.4 Å². The molecule has 3 nitrogen and oxygen atoms in total. The lowest BCUT2D eigenvalue weighted by Crippen LogP contribution is -2.44. The van der Waals surface area contributed by atoms with E-state index in [1.54, 1.807) is 0 Å². The summed E-state index contributed by atoms with van der Waals surface area (Å²) in [7, 11) is 4.20. The van der Waals surface area contributed by atoms with E-state index in [9.17, 15) is 0 Å². The lowest BCUT2D eigenvalue weighted by molar-refractivity contribution is 0.210. The van der Waals surface area contributed by atoms with Gasteiger partial charge in [-0.3, -0.25) is 4.98 Å². The summed E-state index contributed by atoms with van der Waals surface area (Å²) in [6, 6.07) is 2.01. The van der Waals surface area contributed by atoms with Crippen LogP contribution in [0.15, 0.2) is 18.5 Å². The third-order valence-corrected chi connectivity index (χ3v) is 2.94. The number of rotatable bonds is 4. The lowest BCUT2D eigenvalue weighted by atomic mass is 10.0. The summed E-state index contributed by atoms with van der Waals surface area (Å²) in [5, 5.41) is 3.45. The number of hydrogen-bond donors (Lipinski definition) is 1. The van der Waals surface area contributed by atoms with E-state index >= 15 is 0 Å². The van der Waals surface area contributed by atoms with Crippen molar-refractivity contribution in [2.45, 2.75) is 26.3 Å². The Morgan fingerprint density at radius 3 is 2.60 bits per heavy atom. The number of likely N-dealkylation sites (N-methyl/N-ethyl adjacent to an activating group) is 1. The lowest BCUT2D eigenvalue weighted by Gasteiger charge is -2.33. The Morgan fingerprint density at radius 1 is 1.40 bits per heavy atom. The predicted octanol–water partition coefficient (Wildman–Crippen LogP) is 2.14. The number of aromatic nitrogens is 1. The molecule has 15 heavy (non-hydrogen) atoms. The zero-order chi connectivity index (χ0) is 11.5. The van der Waals surface area contributed by atoms with Crippen LogP contribution in [0.2, 0.25) is 0 Å². The van der Waals surface area contributed by atoms with Gasteiger partial charge in [-0.05, 0) is 46.5 Å². The Morgan fingerprint density at radius 2 is 2.07 bits per heavy atom. The van der Waals surface area contributed by atoms with Crippen molar-refractivity contribution in [2.75, 3.05) is 26.0 Å². The molecule has 3 heteroatoms. The van der Waals surface area contributed by atoms with Crippen molar-refractivity contribution in [1.82, 2.24) is 9.88 Å². The quantitative estimate of drug-likeness (QED) is 0.820. The molecular formula is C12H21N3. The molecule has 84 valence electrons. The van der Waals surface area contributed by atoms with Crippen molar-refractivity contribution < 1.29 is 0 Å². The van der Waals surface area contributed by atoms with Crippen molar-refractivity contribution in [3.05, 3.63) is 24.0 Å². The van der Waals surface area contributed by atoms with Crippen molar-refractivity contribution in [2.24, 2.45) is 0 Å². The van der Waals surface area contributed by atoms with E-state index in [4.69, 9.17) is 0 Å². The molecule has 0 atom stereocenters. The van der Waals surface area contributed by atoms with Crippen LogP contribution in [0.3, 0.4) is 0 Å². The maximum absolute atomic E-state index is 4.07. The summed E-state index contributed by atoms with van der Waals surface area (Å²) in [6.07, 6.45) is 3.70. The molecular weight excluding hydrogens is 186 g/mol. The fourth-order valence-electron chi connectivity index (χ4n) is 1.14. The van der Waals surface area contributed by atoms with Gasteiger partial charge in [0.25, 0.3) is 0 Å². The summed E-state index contributed by atoms with van der Waals surface area (Å²) in [6.45, 7) is 7.43. The molecule has 1 aromatic heterocycles. The van der Waals surface area contributed by atoms with Crippen LogP contribution in [0.5, 0.6) is 0 Å². The Labute approximate surface area is 92.5 Å². The average Bonchev–Trinajstić information content (AvgIpc) is 2.16. The largest absolute Gasteiger partial charge is 0.383 e. The van der Waals surface area contributed by atoms with Crippen LogP contribution < -0.4 is 5.32 Å². The van der Waals surface area contributed by atoms with Crippen molar-refractivity contribution in [1.29, 1.82) is 0 Å². The third-order valence-electron chi connectivity index (χ3n) is 2.94. The average molecular weight is 207 g/mol. The standard InChI is InChI=1S/C12H21N3/c1-10-8-13-7-6-11(10)14-9-12(2,3)15(4)5/h6-8H,9H2,1-5H3,(H,13,14). The molecule has 1 heterocycles. The monoisotopic (exact) mass is 207 g/mol. The van der Waals surface area contributed by atoms with Crippen molar-refractivity contribution in [3.63, 3.8) is 0 Å². The zero-order valence-electron chi connectivity index (χ0n) is 10.3. The van der Waals surface area contributed by atoms with E-state index in [0.29, 0.717) is 0 Å². The molecule has 0 amide bonds. The van der Waals surface area contributed by atoms with E-state index < -0.39 is 0 Å². The van der Waals surface area contributed by atoms with E-state index in [-0.39, 0.29) is 5.54 Å². The molecule has 0 aliphatic heterocycles. The maximum atomic E-state index is 4.07. The minimum absolute atomic E-state index is 0.149. The fourth-order valence-corrected chi connectivity index (χ4v) is 1.14. The van der Waals surface area contributed by atoms with Crippen LogP contribution in [0, 0.1) is 6.92 Å². The highest BCUT2D eigenvalue weighted by molar-refractivity contribution is 5.48. The Hall–Kier alpha value is -1.09. The molecule has 0 fully saturated rings. The Bertz CT molecular complexity index is 318. The highest BCUT2D eigenvalue weighted by Crippen LogP contribution is 2.15. The second-order valence-corrected chi connectivity index (χ2v) is 4.75. The Kier molecular flexibility index (Phi) is 3.69. The van der Waals surface area contributed by atoms with Gasteiger partial charge in [0.05, 0.1) is 0 Å². The molecule has 0 unspecified atom stereocenters.